The quantitative estimate of drug-likeness (QED) is 0.913. The van der Waals surface area contributed by atoms with Crippen LogP contribution in [0.4, 0.5) is 0 Å². The number of hydrogen-bond donors (Lipinski definition) is 1. The summed E-state index contributed by atoms with van der Waals surface area (Å²) in [4.78, 5) is 7.21. The van der Waals surface area contributed by atoms with Crippen molar-refractivity contribution in [3.05, 3.63) is 41.6 Å². The van der Waals surface area contributed by atoms with Crippen molar-refractivity contribution in [2.24, 2.45) is 0 Å². The largest absolute Gasteiger partial charge is 0.315 e. The molecule has 0 aliphatic carbocycles. The topological polar surface area (TPSA) is 28.2 Å². The lowest BCUT2D eigenvalue weighted by Gasteiger charge is -2.28. The van der Waals surface area contributed by atoms with Crippen LogP contribution >= 0.6 is 12.4 Å². The number of nitrogens with zero attached hydrogens (tertiary/aromatic N) is 2. The molecule has 1 saturated heterocycles. The van der Waals surface area contributed by atoms with E-state index in [1.165, 1.54) is 30.3 Å². The van der Waals surface area contributed by atoms with Crippen molar-refractivity contribution in [1.82, 2.24) is 15.2 Å². The van der Waals surface area contributed by atoms with E-state index < -0.39 is 0 Å². The van der Waals surface area contributed by atoms with Crippen LogP contribution in [0.25, 0.3) is 10.9 Å². The highest BCUT2D eigenvalue weighted by molar-refractivity contribution is 5.85. The third kappa shape index (κ3) is 3.97. The Kier molecular flexibility index (Phi) is 6.18. The van der Waals surface area contributed by atoms with E-state index in [9.17, 15) is 0 Å². The van der Waals surface area contributed by atoms with Crippen LogP contribution in [-0.2, 0) is 6.54 Å². The molecular formula is C18H26ClN3. The molecule has 4 heteroatoms. The SMILES string of the molecule is CCCN(Cc1ccc2nc(C)ccc2c1)C1CCNC1.Cl. The maximum absolute atomic E-state index is 4.59. The van der Waals surface area contributed by atoms with Gasteiger partial charge in [-0.1, -0.05) is 19.1 Å². The Morgan fingerprint density at radius 2 is 2.14 bits per heavy atom. The Hall–Kier alpha value is -1.16. The summed E-state index contributed by atoms with van der Waals surface area (Å²) in [5.74, 6) is 0. The predicted octanol–water partition coefficient (Wildman–Crippen LogP) is 3.54. The number of benzene rings is 1. The van der Waals surface area contributed by atoms with Crippen LogP contribution in [0.1, 0.15) is 31.0 Å². The average molecular weight is 320 g/mol. The normalized spacial score (nSPS) is 17.9. The van der Waals surface area contributed by atoms with Crippen LogP contribution in [0.15, 0.2) is 30.3 Å². The van der Waals surface area contributed by atoms with Crippen molar-refractivity contribution in [3.8, 4) is 0 Å². The van der Waals surface area contributed by atoms with E-state index in [0.717, 1.165) is 30.8 Å². The van der Waals surface area contributed by atoms with Crippen molar-refractivity contribution in [3.63, 3.8) is 0 Å². The van der Waals surface area contributed by atoms with Gasteiger partial charge in [-0.05, 0) is 56.6 Å². The minimum Gasteiger partial charge on any atom is -0.315 e. The van der Waals surface area contributed by atoms with Crippen LogP contribution in [0, 0.1) is 6.92 Å². The minimum atomic E-state index is 0. The molecule has 0 saturated carbocycles. The summed E-state index contributed by atoms with van der Waals surface area (Å²) in [5, 5.41) is 4.73. The highest BCUT2D eigenvalue weighted by Gasteiger charge is 2.21. The van der Waals surface area contributed by atoms with Gasteiger partial charge >= 0.3 is 0 Å². The molecule has 2 heterocycles. The summed E-state index contributed by atoms with van der Waals surface area (Å²) >= 11 is 0. The highest BCUT2D eigenvalue weighted by Crippen LogP contribution is 2.18. The van der Waals surface area contributed by atoms with Crippen LogP contribution in [0.3, 0.4) is 0 Å². The molecule has 1 aliphatic heterocycles. The molecule has 1 aromatic heterocycles. The second-order valence-corrected chi connectivity index (χ2v) is 6.10. The molecule has 0 spiro atoms. The van der Waals surface area contributed by atoms with Gasteiger partial charge in [0.1, 0.15) is 0 Å². The van der Waals surface area contributed by atoms with Crippen molar-refractivity contribution in [2.45, 2.75) is 39.3 Å². The second kappa shape index (κ2) is 7.91. The molecule has 1 fully saturated rings. The molecule has 1 N–H and O–H groups in total. The molecule has 3 rings (SSSR count). The van der Waals surface area contributed by atoms with Gasteiger partial charge in [-0.25, -0.2) is 0 Å². The number of rotatable bonds is 5. The van der Waals surface area contributed by atoms with E-state index in [-0.39, 0.29) is 12.4 Å². The summed E-state index contributed by atoms with van der Waals surface area (Å²) in [6.07, 6.45) is 2.49. The number of fused-ring (bicyclic) bond motifs is 1. The van der Waals surface area contributed by atoms with Gasteiger partial charge in [0.15, 0.2) is 0 Å². The Bertz CT molecular complexity index is 608. The van der Waals surface area contributed by atoms with Crippen LogP contribution < -0.4 is 5.32 Å². The van der Waals surface area contributed by atoms with Crippen molar-refractivity contribution >= 4 is 23.3 Å². The Morgan fingerprint density at radius 1 is 1.27 bits per heavy atom. The molecule has 1 unspecified atom stereocenters. The van der Waals surface area contributed by atoms with Gasteiger partial charge in [-0.2, -0.15) is 0 Å². The van der Waals surface area contributed by atoms with E-state index in [1.54, 1.807) is 0 Å². The van der Waals surface area contributed by atoms with Crippen LogP contribution in [0.2, 0.25) is 0 Å². The molecule has 1 aromatic carbocycles. The molecule has 0 radical (unpaired) electrons. The Morgan fingerprint density at radius 3 is 2.86 bits per heavy atom. The van der Waals surface area contributed by atoms with Gasteiger partial charge < -0.3 is 5.32 Å². The fourth-order valence-electron chi connectivity index (χ4n) is 3.24. The van der Waals surface area contributed by atoms with E-state index >= 15 is 0 Å². The summed E-state index contributed by atoms with van der Waals surface area (Å²) < 4.78 is 0. The molecule has 2 aromatic rings. The van der Waals surface area contributed by atoms with Crippen LogP contribution in [-0.4, -0.2) is 35.6 Å². The standard InChI is InChI=1S/C18H25N3.ClH/c1-3-10-21(17-8-9-19-12-17)13-15-5-7-18-16(11-15)6-4-14(2)20-18;/h4-7,11,17,19H,3,8-10,12-13H2,1-2H3;1H. The van der Waals surface area contributed by atoms with Crippen molar-refractivity contribution in [1.29, 1.82) is 0 Å². The predicted molar refractivity (Wildman–Crippen MR) is 95.7 cm³/mol. The van der Waals surface area contributed by atoms with Crippen LogP contribution in [0.5, 0.6) is 0 Å². The second-order valence-electron chi connectivity index (χ2n) is 6.10. The zero-order valence-corrected chi connectivity index (χ0v) is 14.3. The summed E-state index contributed by atoms with van der Waals surface area (Å²) in [5.41, 5.74) is 3.58. The first-order valence-corrected chi connectivity index (χ1v) is 8.07. The van der Waals surface area contributed by atoms with E-state index in [2.05, 4.69) is 52.5 Å². The van der Waals surface area contributed by atoms with E-state index in [1.807, 2.05) is 6.92 Å². The maximum atomic E-state index is 4.59. The molecule has 1 atom stereocenters. The van der Waals surface area contributed by atoms with E-state index in [0.29, 0.717) is 6.04 Å². The lowest BCUT2D eigenvalue weighted by atomic mass is 10.1. The Balaban J connectivity index is 0.00000176. The number of pyridine rings is 1. The minimum absolute atomic E-state index is 0. The molecular weight excluding hydrogens is 294 g/mol. The average Bonchev–Trinajstić information content (AvgIpc) is 3.01. The number of halogens is 1. The van der Waals surface area contributed by atoms with Gasteiger partial charge in [0.05, 0.1) is 5.52 Å². The Labute approximate surface area is 139 Å². The summed E-state index contributed by atoms with van der Waals surface area (Å²) in [6, 6.07) is 11.7. The molecule has 3 nitrogen and oxygen atoms in total. The van der Waals surface area contributed by atoms with Crippen molar-refractivity contribution < 1.29 is 0 Å². The number of hydrogen-bond acceptors (Lipinski definition) is 3. The first kappa shape index (κ1) is 17.2. The molecule has 120 valence electrons. The summed E-state index contributed by atoms with van der Waals surface area (Å²) in [6.45, 7) is 8.83. The third-order valence-electron chi connectivity index (χ3n) is 4.34. The first-order chi connectivity index (χ1) is 10.3. The zero-order valence-electron chi connectivity index (χ0n) is 13.5. The summed E-state index contributed by atoms with van der Waals surface area (Å²) in [7, 11) is 0. The molecule has 0 bridgehead atoms. The van der Waals surface area contributed by atoms with Gasteiger partial charge in [0.25, 0.3) is 0 Å². The number of aryl methyl sites for hydroxylation is 1. The smallest absolute Gasteiger partial charge is 0.0705 e. The third-order valence-corrected chi connectivity index (χ3v) is 4.34. The fourth-order valence-corrected chi connectivity index (χ4v) is 3.24. The van der Waals surface area contributed by atoms with Gasteiger partial charge in [-0.15, -0.1) is 12.4 Å². The highest BCUT2D eigenvalue weighted by atomic mass is 35.5. The van der Waals surface area contributed by atoms with Gasteiger partial charge in [-0.3, -0.25) is 9.88 Å². The zero-order chi connectivity index (χ0) is 14.7. The van der Waals surface area contributed by atoms with E-state index in [4.69, 9.17) is 0 Å². The molecule has 1 aliphatic rings. The number of aromatic nitrogens is 1. The molecule has 22 heavy (non-hydrogen) atoms. The van der Waals surface area contributed by atoms with Crippen molar-refractivity contribution in [2.75, 3.05) is 19.6 Å². The lowest BCUT2D eigenvalue weighted by Crippen LogP contribution is -2.36. The first-order valence-electron chi connectivity index (χ1n) is 8.07. The molecule has 0 amide bonds. The number of nitrogens with one attached hydrogen (secondary N) is 1. The monoisotopic (exact) mass is 319 g/mol. The lowest BCUT2D eigenvalue weighted by molar-refractivity contribution is 0.199. The fraction of sp³-hybridized carbons (Fsp3) is 0.500. The van der Waals surface area contributed by atoms with Gasteiger partial charge in [0, 0.05) is 30.2 Å². The maximum Gasteiger partial charge on any atom is 0.0705 e. The van der Waals surface area contributed by atoms with Gasteiger partial charge in [0.2, 0.25) is 0 Å².